The summed E-state index contributed by atoms with van der Waals surface area (Å²) in [5.41, 5.74) is 1.15. The van der Waals surface area contributed by atoms with Crippen LogP contribution in [0.5, 0.6) is 0 Å². The zero-order valence-corrected chi connectivity index (χ0v) is 13.8. The quantitative estimate of drug-likeness (QED) is 0.798. The summed E-state index contributed by atoms with van der Waals surface area (Å²) >= 11 is 0. The lowest BCUT2D eigenvalue weighted by Gasteiger charge is -2.40. The van der Waals surface area contributed by atoms with Gasteiger partial charge in [-0.05, 0) is 31.4 Å². The van der Waals surface area contributed by atoms with Crippen molar-refractivity contribution >= 4 is 22.8 Å². The molecule has 0 bridgehead atoms. The van der Waals surface area contributed by atoms with E-state index in [4.69, 9.17) is 4.98 Å². The second kappa shape index (κ2) is 5.89. The van der Waals surface area contributed by atoms with Crippen molar-refractivity contribution in [3.63, 3.8) is 0 Å². The predicted molar refractivity (Wildman–Crippen MR) is 94.8 cm³/mol. The summed E-state index contributed by atoms with van der Waals surface area (Å²) in [6.07, 6.45) is 6.64. The van der Waals surface area contributed by atoms with Crippen LogP contribution < -0.4 is 4.90 Å². The van der Waals surface area contributed by atoms with Crippen LogP contribution in [0, 0.1) is 5.41 Å². The molecule has 2 fully saturated rings. The maximum Gasteiger partial charge on any atom is 0.245 e. The molecule has 1 atom stereocenters. The fourth-order valence-corrected chi connectivity index (χ4v) is 4.08. The first-order chi connectivity index (χ1) is 11.7. The number of likely N-dealkylation sites (tertiary alicyclic amines) is 1. The van der Waals surface area contributed by atoms with E-state index in [0.29, 0.717) is 0 Å². The minimum Gasteiger partial charge on any atom is -0.340 e. The highest BCUT2D eigenvalue weighted by Gasteiger charge is 2.42. The van der Waals surface area contributed by atoms with Gasteiger partial charge in [-0.3, -0.25) is 4.79 Å². The van der Waals surface area contributed by atoms with Crippen LogP contribution in [0.4, 0.5) is 5.95 Å². The Morgan fingerprint density at radius 2 is 2.08 bits per heavy atom. The number of carbonyl (C=O) groups is 1. The van der Waals surface area contributed by atoms with Gasteiger partial charge in [0, 0.05) is 43.2 Å². The van der Waals surface area contributed by atoms with Crippen LogP contribution in [0.3, 0.4) is 0 Å². The minimum atomic E-state index is 0.0504. The lowest BCUT2D eigenvalue weighted by atomic mass is 9.79. The molecule has 1 spiro atoms. The first kappa shape index (κ1) is 15.1. The maximum absolute atomic E-state index is 12.0. The average molecular weight is 322 g/mol. The molecule has 3 heterocycles. The number of aromatic nitrogens is 2. The van der Waals surface area contributed by atoms with E-state index < -0.39 is 0 Å². The van der Waals surface area contributed by atoms with E-state index in [9.17, 15) is 4.79 Å². The number of nitrogens with zero attached hydrogens (tertiary/aromatic N) is 4. The molecule has 1 unspecified atom stereocenters. The Labute approximate surface area is 142 Å². The molecule has 24 heavy (non-hydrogen) atoms. The Hall–Kier alpha value is -2.43. The number of hydrogen-bond donors (Lipinski definition) is 0. The van der Waals surface area contributed by atoms with E-state index in [2.05, 4.69) is 16.5 Å². The molecule has 2 saturated heterocycles. The fourth-order valence-electron chi connectivity index (χ4n) is 4.08. The summed E-state index contributed by atoms with van der Waals surface area (Å²) in [5, 5.41) is 1.07. The number of anilines is 1. The van der Waals surface area contributed by atoms with Crippen LogP contribution in [0.15, 0.2) is 43.1 Å². The highest BCUT2D eigenvalue weighted by molar-refractivity contribution is 5.87. The molecule has 0 radical (unpaired) electrons. The van der Waals surface area contributed by atoms with E-state index in [1.165, 1.54) is 6.08 Å². The largest absolute Gasteiger partial charge is 0.340 e. The topological polar surface area (TPSA) is 49.3 Å². The number of hydrogen-bond acceptors (Lipinski definition) is 4. The summed E-state index contributed by atoms with van der Waals surface area (Å²) in [6, 6.07) is 8.07. The van der Waals surface area contributed by atoms with E-state index in [0.717, 1.165) is 62.3 Å². The van der Waals surface area contributed by atoms with Gasteiger partial charge in [-0.1, -0.05) is 24.8 Å². The second-order valence-electron chi connectivity index (χ2n) is 6.97. The Morgan fingerprint density at radius 1 is 1.21 bits per heavy atom. The van der Waals surface area contributed by atoms with E-state index in [1.807, 2.05) is 35.4 Å². The fraction of sp³-hybridized carbons (Fsp3) is 0.421. The number of carbonyl (C=O) groups excluding carboxylic acids is 1. The Kier molecular flexibility index (Phi) is 3.71. The predicted octanol–water partition coefficient (Wildman–Crippen LogP) is 2.63. The molecular weight excluding hydrogens is 300 g/mol. The van der Waals surface area contributed by atoms with E-state index >= 15 is 0 Å². The number of benzene rings is 1. The first-order valence-corrected chi connectivity index (χ1v) is 8.57. The second-order valence-corrected chi connectivity index (χ2v) is 6.97. The molecule has 0 aliphatic carbocycles. The molecule has 2 aliphatic rings. The van der Waals surface area contributed by atoms with Gasteiger partial charge in [0.25, 0.3) is 0 Å². The average Bonchev–Trinajstić information content (AvgIpc) is 3.04. The van der Waals surface area contributed by atoms with Crippen molar-refractivity contribution in [1.29, 1.82) is 0 Å². The van der Waals surface area contributed by atoms with Crippen LogP contribution in [0.25, 0.3) is 10.9 Å². The van der Waals surface area contributed by atoms with Gasteiger partial charge in [0.15, 0.2) is 0 Å². The van der Waals surface area contributed by atoms with Gasteiger partial charge in [0.05, 0.1) is 5.52 Å². The van der Waals surface area contributed by atoms with Gasteiger partial charge in [0.2, 0.25) is 11.9 Å². The molecule has 124 valence electrons. The van der Waals surface area contributed by atoms with E-state index in [-0.39, 0.29) is 11.3 Å². The molecule has 0 N–H and O–H groups in total. The van der Waals surface area contributed by atoms with Gasteiger partial charge in [-0.25, -0.2) is 9.97 Å². The molecule has 1 aromatic heterocycles. The summed E-state index contributed by atoms with van der Waals surface area (Å²) in [5.74, 6) is 0.854. The Balaban J connectivity index is 1.54. The first-order valence-electron chi connectivity index (χ1n) is 8.57. The normalized spacial score (nSPS) is 23.8. The zero-order valence-electron chi connectivity index (χ0n) is 13.8. The third-order valence-corrected chi connectivity index (χ3v) is 5.35. The smallest absolute Gasteiger partial charge is 0.245 e. The highest BCUT2D eigenvalue weighted by Crippen LogP contribution is 2.40. The van der Waals surface area contributed by atoms with Crippen LogP contribution in [0.1, 0.15) is 19.3 Å². The summed E-state index contributed by atoms with van der Waals surface area (Å²) < 4.78 is 0. The van der Waals surface area contributed by atoms with Crippen molar-refractivity contribution in [3.8, 4) is 0 Å². The van der Waals surface area contributed by atoms with Gasteiger partial charge < -0.3 is 9.80 Å². The SMILES string of the molecule is C=CC(=O)N1CCCC2(CCN(c3ncc4ccccc4n3)C2)C1. The maximum atomic E-state index is 12.0. The van der Waals surface area contributed by atoms with Crippen LogP contribution in [0.2, 0.25) is 0 Å². The molecule has 2 aliphatic heterocycles. The number of fused-ring (bicyclic) bond motifs is 1. The molecule has 5 nitrogen and oxygen atoms in total. The molecule has 2 aromatic rings. The summed E-state index contributed by atoms with van der Waals surface area (Å²) in [4.78, 5) is 25.5. The van der Waals surface area contributed by atoms with Crippen molar-refractivity contribution in [2.45, 2.75) is 19.3 Å². The third-order valence-electron chi connectivity index (χ3n) is 5.35. The number of piperidine rings is 1. The van der Waals surface area contributed by atoms with Crippen molar-refractivity contribution in [2.24, 2.45) is 5.41 Å². The van der Waals surface area contributed by atoms with Crippen LogP contribution in [-0.2, 0) is 4.79 Å². The molecule has 5 heteroatoms. The van der Waals surface area contributed by atoms with Gasteiger partial charge in [0.1, 0.15) is 0 Å². The molecule has 0 saturated carbocycles. The number of rotatable bonds is 2. The van der Waals surface area contributed by atoms with Gasteiger partial charge in [-0.2, -0.15) is 0 Å². The molecular formula is C19H22N4O. The van der Waals surface area contributed by atoms with Crippen molar-refractivity contribution < 1.29 is 4.79 Å². The van der Waals surface area contributed by atoms with Gasteiger partial charge in [-0.15, -0.1) is 0 Å². The van der Waals surface area contributed by atoms with Crippen LogP contribution in [-0.4, -0.2) is 47.0 Å². The van der Waals surface area contributed by atoms with Crippen molar-refractivity contribution in [3.05, 3.63) is 43.1 Å². The lowest BCUT2D eigenvalue weighted by Crippen LogP contribution is -2.47. The molecule has 4 rings (SSSR count). The number of amides is 1. The standard InChI is InChI=1S/C19H22N4O/c1-2-17(24)22-10-5-8-19(13-22)9-11-23(14-19)18-20-12-15-6-3-4-7-16(15)21-18/h2-4,6-7,12H,1,5,8-11,13-14H2. The summed E-state index contributed by atoms with van der Waals surface area (Å²) in [6.45, 7) is 7.16. The minimum absolute atomic E-state index is 0.0504. The number of para-hydroxylation sites is 1. The highest BCUT2D eigenvalue weighted by atomic mass is 16.2. The monoisotopic (exact) mass is 322 g/mol. The van der Waals surface area contributed by atoms with Crippen molar-refractivity contribution in [2.75, 3.05) is 31.1 Å². The third kappa shape index (κ3) is 2.64. The van der Waals surface area contributed by atoms with Crippen LogP contribution >= 0.6 is 0 Å². The zero-order chi connectivity index (χ0) is 16.6. The van der Waals surface area contributed by atoms with Crippen molar-refractivity contribution in [1.82, 2.24) is 14.9 Å². The molecule has 1 aromatic carbocycles. The van der Waals surface area contributed by atoms with Gasteiger partial charge >= 0.3 is 0 Å². The molecule has 1 amide bonds. The Morgan fingerprint density at radius 3 is 2.96 bits per heavy atom. The van der Waals surface area contributed by atoms with E-state index in [1.54, 1.807) is 0 Å². The lowest BCUT2D eigenvalue weighted by molar-refractivity contribution is -0.129. The Bertz CT molecular complexity index is 790. The summed E-state index contributed by atoms with van der Waals surface area (Å²) in [7, 11) is 0.